The molecule has 1 aromatic rings. The summed E-state index contributed by atoms with van der Waals surface area (Å²) in [5.74, 6) is 1.31. The highest BCUT2D eigenvalue weighted by Gasteiger charge is 2.08. The van der Waals surface area contributed by atoms with Crippen LogP contribution in [0.3, 0.4) is 0 Å². The summed E-state index contributed by atoms with van der Waals surface area (Å²) < 4.78 is 10.8. The van der Waals surface area contributed by atoms with Gasteiger partial charge < -0.3 is 14.7 Å². The van der Waals surface area contributed by atoms with Crippen LogP contribution in [0, 0.1) is 0 Å². The highest BCUT2D eigenvalue weighted by atomic mass is 16.5. The van der Waals surface area contributed by atoms with Crippen molar-refractivity contribution >= 4 is 6.21 Å². The van der Waals surface area contributed by atoms with Crippen molar-refractivity contribution in [2.45, 2.75) is 13.8 Å². The molecule has 1 N–H and O–H groups in total. The zero-order valence-corrected chi connectivity index (χ0v) is 8.93. The first-order chi connectivity index (χ1) is 7.33. The van der Waals surface area contributed by atoms with Gasteiger partial charge in [-0.05, 0) is 26.0 Å². The van der Waals surface area contributed by atoms with E-state index >= 15 is 0 Å². The normalized spacial score (nSPS) is 10.5. The average molecular weight is 209 g/mol. The van der Waals surface area contributed by atoms with Crippen molar-refractivity contribution in [3.8, 4) is 11.5 Å². The molecule has 0 aromatic heterocycles. The molecule has 4 nitrogen and oxygen atoms in total. The smallest absolute Gasteiger partial charge is 0.131 e. The number of oxime groups is 1. The van der Waals surface area contributed by atoms with Crippen LogP contribution in [0.25, 0.3) is 0 Å². The van der Waals surface area contributed by atoms with E-state index in [1.807, 2.05) is 32.0 Å². The van der Waals surface area contributed by atoms with Gasteiger partial charge in [0, 0.05) is 0 Å². The maximum absolute atomic E-state index is 8.56. The van der Waals surface area contributed by atoms with Gasteiger partial charge in [-0.15, -0.1) is 0 Å². The Kier molecular flexibility index (Phi) is 4.47. The Morgan fingerprint density at radius 1 is 1.20 bits per heavy atom. The Balaban J connectivity index is 3.09. The van der Waals surface area contributed by atoms with Gasteiger partial charge in [-0.25, -0.2) is 0 Å². The highest BCUT2D eigenvalue weighted by Crippen LogP contribution is 2.26. The van der Waals surface area contributed by atoms with Crippen molar-refractivity contribution in [3.63, 3.8) is 0 Å². The molecule has 0 fully saturated rings. The third-order valence-electron chi connectivity index (χ3n) is 1.81. The van der Waals surface area contributed by atoms with E-state index in [2.05, 4.69) is 5.16 Å². The van der Waals surface area contributed by atoms with Gasteiger partial charge in [-0.1, -0.05) is 11.2 Å². The zero-order valence-electron chi connectivity index (χ0n) is 8.93. The van der Waals surface area contributed by atoms with E-state index in [4.69, 9.17) is 14.7 Å². The van der Waals surface area contributed by atoms with Crippen LogP contribution in [0.1, 0.15) is 19.4 Å². The topological polar surface area (TPSA) is 51.0 Å². The maximum atomic E-state index is 8.56. The summed E-state index contributed by atoms with van der Waals surface area (Å²) in [7, 11) is 0. The van der Waals surface area contributed by atoms with E-state index in [0.717, 1.165) is 0 Å². The van der Waals surface area contributed by atoms with Crippen molar-refractivity contribution in [1.29, 1.82) is 0 Å². The van der Waals surface area contributed by atoms with E-state index in [9.17, 15) is 0 Å². The van der Waals surface area contributed by atoms with Crippen LogP contribution < -0.4 is 9.47 Å². The van der Waals surface area contributed by atoms with Gasteiger partial charge in [0.15, 0.2) is 0 Å². The van der Waals surface area contributed by atoms with E-state index in [0.29, 0.717) is 30.3 Å². The van der Waals surface area contributed by atoms with Crippen LogP contribution >= 0.6 is 0 Å². The van der Waals surface area contributed by atoms with Gasteiger partial charge >= 0.3 is 0 Å². The fraction of sp³-hybridized carbons (Fsp3) is 0.364. The monoisotopic (exact) mass is 209 g/mol. The Hall–Kier alpha value is -1.71. The number of nitrogens with zero attached hydrogens (tertiary/aromatic N) is 1. The van der Waals surface area contributed by atoms with Gasteiger partial charge in [0.05, 0.1) is 25.0 Å². The molecule has 1 aromatic carbocycles. The Morgan fingerprint density at radius 3 is 2.13 bits per heavy atom. The largest absolute Gasteiger partial charge is 0.493 e. The molecule has 0 amide bonds. The second kappa shape index (κ2) is 5.90. The number of benzene rings is 1. The number of hydrogen-bond donors (Lipinski definition) is 1. The minimum absolute atomic E-state index is 0.557. The summed E-state index contributed by atoms with van der Waals surface area (Å²) in [6.45, 7) is 4.91. The second-order valence-electron chi connectivity index (χ2n) is 2.78. The van der Waals surface area contributed by atoms with Crippen LogP contribution in [0.2, 0.25) is 0 Å². The molecular formula is C11H15NO3. The molecule has 0 aliphatic rings. The quantitative estimate of drug-likeness (QED) is 0.460. The second-order valence-corrected chi connectivity index (χ2v) is 2.78. The maximum Gasteiger partial charge on any atom is 0.131 e. The Morgan fingerprint density at radius 2 is 1.73 bits per heavy atom. The summed E-state index contributed by atoms with van der Waals surface area (Å²) in [6.07, 6.45) is 1.32. The Labute approximate surface area is 89.1 Å². The van der Waals surface area contributed by atoms with Crippen molar-refractivity contribution in [2.24, 2.45) is 5.16 Å². The molecule has 0 unspecified atom stereocenters. The van der Waals surface area contributed by atoms with Crippen molar-refractivity contribution in [3.05, 3.63) is 23.8 Å². The van der Waals surface area contributed by atoms with Crippen LogP contribution in [0.4, 0.5) is 0 Å². The van der Waals surface area contributed by atoms with Gasteiger partial charge in [-0.3, -0.25) is 0 Å². The van der Waals surface area contributed by atoms with Gasteiger partial charge in [0.2, 0.25) is 0 Å². The molecule has 0 aliphatic heterocycles. The minimum atomic E-state index is 0.557. The molecule has 1 rings (SSSR count). The van der Waals surface area contributed by atoms with E-state index in [1.54, 1.807) is 0 Å². The predicted octanol–water partition coefficient (Wildman–Crippen LogP) is 2.29. The summed E-state index contributed by atoms with van der Waals surface area (Å²) in [5.41, 5.74) is 0.656. The lowest BCUT2D eigenvalue weighted by Gasteiger charge is -2.11. The molecule has 0 bridgehead atoms. The van der Waals surface area contributed by atoms with E-state index < -0.39 is 0 Å². The third kappa shape index (κ3) is 2.87. The lowest BCUT2D eigenvalue weighted by atomic mass is 10.2. The van der Waals surface area contributed by atoms with Crippen LogP contribution in [0.15, 0.2) is 23.4 Å². The highest BCUT2D eigenvalue weighted by molar-refractivity contribution is 5.87. The molecule has 0 saturated carbocycles. The molecule has 0 saturated heterocycles. The van der Waals surface area contributed by atoms with Crippen LogP contribution in [-0.4, -0.2) is 24.6 Å². The molecule has 0 aliphatic carbocycles. The SMILES string of the molecule is CCOc1cccc(OCC)c1/C=N\O. The fourth-order valence-electron chi connectivity index (χ4n) is 1.27. The van der Waals surface area contributed by atoms with E-state index in [-0.39, 0.29) is 0 Å². The third-order valence-corrected chi connectivity index (χ3v) is 1.81. The number of hydrogen-bond acceptors (Lipinski definition) is 4. The van der Waals surface area contributed by atoms with Crippen LogP contribution in [0.5, 0.6) is 11.5 Å². The van der Waals surface area contributed by atoms with Gasteiger partial charge in [0.1, 0.15) is 11.5 Å². The standard InChI is InChI=1S/C11H15NO3/c1-3-14-10-6-5-7-11(15-4-2)9(10)8-12-13/h5-8,13H,3-4H2,1-2H3/b12-8-. The first kappa shape index (κ1) is 11.4. The fourth-order valence-corrected chi connectivity index (χ4v) is 1.27. The molecule has 0 heterocycles. The molecular weight excluding hydrogens is 194 g/mol. The lowest BCUT2D eigenvalue weighted by molar-refractivity contribution is 0.314. The summed E-state index contributed by atoms with van der Waals surface area (Å²) in [4.78, 5) is 0. The Bertz CT molecular complexity index is 312. The molecule has 4 heteroatoms. The van der Waals surface area contributed by atoms with Crippen molar-refractivity contribution < 1.29 is 14.7 Å². The van der Waals surface area contributed by atoms with Crippen molar-refractivity contribution in [1.82, 2.24) is 0 Å². The van der Waals surface area contributed by atoms with E-state index in [1.165, 1.54) is 6.21 Å². The van der Waals surface area contributed by atoms with Gasteiger partial charge in [-0.2, -0.15) is 0 Å². The predicted molar refractivity (Wildman–Crippen MR) is 58.2 cm³/mol. The van der Waals surface area contributed by atoms with Gasteiger partial charge in [0.25, 0.3) is 0 Å². The number of rotatable bonds is 5. The first-order valence-electron chi connectivity index (χ1n) is 4.89. The molecule has 0 atom stereocenters. The molecule has 15 heavy (non-hydrogen) atoms. The van der Waals surface area contributed by atoms with Crippen molar-refractivity contribution in [2.75, 3.05) is 13.2 Å². The first-order valence-corrected chi connectivity index (χ1v) is 4.89. The summed E-state index contributed by atoms with van der Waals surface area (Å²) in [6, 6.07) is 5.46. The van der Waals surface area contributed by atoms with Crippen LogP contribution in [-0.2, 0) is 0 Å². The molecule has 82 valence electrons. The average Bonchev–Trinajstić information content (AvgIpc) is 2.23. The molecule has 0 spiro atoms. The lowest BCUT2D eigenvalue weighted by Crippen LogP contribution is -2.01. The summed E-state index contributed by atoms with van der Waals surface area (Å²) >= 11 is 0. The summed E-state index contributed by atoms with van der Waals surface area (Å²) in [5, 5.41) is 11.6. The molecule has 0 radical (unpaired) electrons. The minimum Gasteiger partial charge on any atom is -0.493 e. The number of ether oxygens (including phenoxy) is 2. The zero-order chi connectivity index (χ0) is 11.1.